The second-order valence-corrected chi connectivity index (χ2v) is 11.9. The number of sulfone groups is 1. The number of hydrogen-bond acceptors (Lipinski definition) is 10. The molecule has 0 bridgehead atoms. The Kier molecular flexibility index (Phi) is 6.36. The summed E-state index contributed by atoms with van der Waals surface area (Å²) in [6, 6.07) is 11.4. The first-order chi connectivity index (χ1) is 18.5. The van der Waals surface area contributed by atoms with Gasteiger partial charge in [-0.3, -0.25) is 29.3 Å². The van der Waals surface area contributed by atoms with Gasteiger partial charge in [-0.05, 0) is 25.1 Å². The summed E-state index contributed by atoms with van der Waals surface area (Å²) in [7, 11) is -2.50. The molecule has 0 saturated carbocycles. The van der Waals surface area contributed by atoms with Crippen LogP contribution in [0.5, 0.6) is 0 Å². The minimum absolute atomic E-state index is 0.0885. The topological polar surface area (TPSA) is 166 Å². The number of non-ortho nitro benzene ring substituents is 1. The van der Waals surface area contributed by atoms with Crippen LogP contribution >= 0.6 is 11.3 Å². The van der Waals surface area contributed by atoms with Crippen molar-refractivity contribution >= 4 is 43.7 Å². The van der Waals surface area contributed by atoms with Crippen LogP contribution in [0.15, 0.2) is 87.4 Å². The first-order valence-corrected chi connectivity index (χ1v) is 13.6. The highest BCUT2D eigenvalue weighted by Gasteiger charge is 2.47. The normalized spacial score (nSPS) is 15.7. The zero-order chi connectivity index (χ0) is 28.1. The van der Waals surface area contributed by atoms with Crippen LogP contribution in [0, 0.1) is 17.0 Å². The number of carbonyl (C=O) groups is 2. The molecule has 1 aliphatic rings. The molecule has 0 spiro atoms. The molecule has 2 aromatic heterocycles. The number of thiazole rings is 1. The molecular weight excluding hydrogens is 546 g/mol. The van der Waals surface area contributed by atoms with Crippen molar-refractivity contribution < 1.29 is 28.0 Å². The molecule has 2 aromatic carbocycles. The summed E-state index contributed by atoms with van der Waals surface area (Å²) in [5.41, 5.74) is 0.947. The van der Waals surface area contributed by atoms with Crippen molar-refractivity contribution in [2.24, 2.45) is 7.05 Å². The van der Waals surface area contributed by atoms with Gasteiger partial charge in [-0.15, -0.1) is 0 Å². The van der Waals surface area contributed by atoms with Crippen LogP contribution < -0.4 is 4.90 Å². The summed E-state index contributed by atoms with van der Waals surface area (Å²) in [6.07, 6.45) is 2.66. The lowest BCUT2D eigenvalue weighted by Crippen LogP contribution is -2.31. The Morgan fingerprint density at radius 3 is 2.36 bits per heavy atom. The van der Waals surface area contributed by atoms with Gasteiger partial charge < -0.3 is 5.11 Å². The Balaban J connectivity index is 1.56. The number of rotatable bonds is 7. The van der Waals surface area contributed by atoms with Crippen LogP contribution in [-0.2, 0) is 21.7 Å². The van der Waals surface area contributed by atoms with Crippen molar-refractivity contribution in [3.63, 3.8) is 0 Å². The van der Waals surface area contributed by atoms with E-state index in [4.69, 9.17) is 0 Å². The van der Waals surface area contributed by atoms with Crippen molar-refractivity contribution in [2.75, 3.05) is 4.90 Å². The lowest BCUT2D eigenvalue weighted by molar-refractivity contribution is -0.384. The number of nitro groups is 1. The van der Waals surface area contributed by atoms with Gasteiger partial charge in [0, 0.05) is 30.9 Å². The van der Waals surface area contributed by atoms with E-state index in [0.29, 0.717) is 11.3 Å². The van der Waals surface area contributed by atoms with E-state index in [1.807, 2.05) is 6.92 Å². The zero-order valence-electron chi connectivity index (χ0n) is 20.4. The fraction of sp³-hybridized carbons (Fsp3) is 0.120. The molecule has 12 nitrogen and oxygen atoms in total. The number of aryl methyl sites for hydroxylation is 2. The monoisotopic (exact) mass is 565 g/mol. The third-order valence-corrected chi connectivity index (χ3v) is 9.31. The predicted octanol–water partition coefficient (Wildman–Crippen LogP) is 3.71. The molecule has 1 aliphatic heterocycles. The van der Waals surface area contributed by atoms with Gasteiger partial charge >= 0.3 is 0 Å². The Bertz CT molecular complexity index is 1770. The maximum atomic E-state index is 13.5. The number of aliphatic hydroxyl groups is 1. The first-order valence-electron chi connectivity index (χ1n) is 11.3. The number of ketones is 1. The maximum absolute atomic E-state index is 13.5. The van der Waals surface area contributed by atoms with Crippen LogP contribution in [0.4, 0.5) is 10.8 Å². The summed E-state index contributed by atoms with van der Waals surface area (Å²) in [5.74, 6) is -2.31. The minimum atomic E-state index is -4.14. The van der Waals surface area contributed by atoms with Crippen LogP contribution in [0.1, 0.15) is 27.7 Å². The molecule has 0 fully saturated rings. The van der Waals surface area contributed by atoms with Gasteiger partial charge in [0.1, 0.15) is 10.3 Å². The molecule has 1 atom stereocenters. The number of nitro benzene ring substituents is 1. The van der Waals surface area contributed by atoms with Gasteiger partial charge in [-0.25, -0.2) is 13.4 Å². The summed E-state index contributed by atoms with van der Waals surface area (Å²) >= 11 is 0.653. The average molecular weight is 566 g/mol. The third kappa shape index (κ3) is 4.49. The van der Waals surface area contributed by atoms with E-state index in [1.54, 1.807) is 43.6 Å². The van der Waals surface area contributed by atoms with Crippen LogP contribution in [0.2, 0.25) is 0 Å². The number of amides is 1. The molecule has 0 radical (unpaired) electrons. The van der Waals surface area contributed by atoms with Gasteiger partial charge in [0.2, 0.25) is 9.84 Å². The van der Waals surface area contributed by atoms with Crippen molar-refractivity contribution in [3.8, 4) is 0 Å². The molecule has 5 rings (SSSR count). The molecule has 1 N–H and O–H groups in total. The van der Waals surface area contributed by atoms with E-state index < -0.39 is 38.3 Å². The second kappa shape index (κ2) is 9.56. The minimum Gasteiger partial charge on any atom is -0.503 e. The predicted molar refractivity (Wildman–Crippen MR) is 139 cm³/mol. The maximum Gasteiger partial charge on any atom is 0.296 e. The van der Waals surface area contributed by atoms with Gasteiger partial charge in [0.15, 0.2) is 16.7 Å². The zero-order valence-corrected chi connectivity index (χ0v) is 22.0. The highest BCUT2D eigenvalue weighted by Crippen LogP contribution is 2.43. The second-order valence-electron chi connectivity index (χ2n) is 8.67. The standard InChI is InChI=1S/C25H19N5O7S2/c1-14-3-5-15(6-4-14)22(31)20-21(18-11-12-28(2)27-18)29(24(33)23(20)32)25-26-13-19(38-25)39(36,37)17-9-7-16(8-10-17)30(34)35/h3-13,21,32H,1-2H3. The molecule has 39 heavy (non-hydrogen) atoms. The molecule has 14 heteroatoms. The Hall–Kier alpha value is -4.69. The lowest BCUT2D eigenvalue weighted by atomic mass is 9.95. The molecule has 0 aliphatic carbocycles. The van der Waals surface area contributed by atoms with E-state index in [0.717, 1.165) is 40.9 Å². The molecule has 3 heterocycles. The van der Waals surface area contributed by atoms with Crippen LogP contribution in [-0.4, -0.2) is 44.9 Å². The Morgan fingerprint density at radius 1 is 1.10 bits per heavy atom. The highest BCUT2D eigenvalue weighted by molar-refractivity contribution is 7.93. The van der Waals surface area contributed by atoms with Crippen molar-refractivity contribution in [2.45, 2.75) is 22.1 Å². The number of nitrogens with zero attached hydrogens (tertiary/aromatic N) is 5. The summed E-state index contributed by atoms with van der Waals surface area (Å²) in [5, 5.41) is 26.0. The number of anilines is 1. The van der Waals surface area contributed by atoms with Crippen molar-refractivity contribution in [1.29, 1.82) is 0 Å². The number of aliphatic hydroxyl groups excluding tert-OH is 1. The average Bonchev–Trinajstić information content (AvgIpc) is 3.63. The first kappa shape index (κ1) is 25.9. The number of benzene rings is 2. The van der Waals surface area contributed by atoms with Crippen LogP contribution in [0.25, 0.3) is 0 Å². The number of aromatic nitrogens is 3. The molecular formula is C25H19N5O7S2. The summed E-state index contributed by atoms with van der Waals surface area (Å²) < 4.78 is 27.6. The molecule has 0 saturated heterocycles. The van der Waals surface area contributed by atoms with Crippen molar-refractivity contribution in [1.82, 2.24) is 14.8 Å². The molecule has 1 amide bonds. The van der Waals surface area contributed by atoms with Gasteiger partial charge in [0.25, 0.3) is 11.6 Å². The van der Waals surface area contributed by atoms with Gasteiger partial charge in [-0.1, -0.05) is 41.2 Å². The number of hydrogen-bond donors (Lipinski definition) is 1. The van der Waals surface area contributed by atoms with Crippen LogP contribution in [0.3, 0.4) is 0 Å². The molecule has 4 aromatic rings. The van der Waals surface area contributed by atoms with E-state index in [1.165, 1.54) is 4.68 Å². The summed E-state index contributed by atoms with van der Waals surface area (Å²) in [4.78, 5) is 42.1. The SMILES string of the molecule is Cc1ccc(C(=O)C2=C(O)C(=O)N(c3ncc(S(=O)(=O)c4ccc([N+](=O)[O-])cc4)s3)C2c2ccn(C)n2)cc1. The lowest BCUT2D eigenvalue weighted by Gasteiger charge is -2.22. The quantitative estimate of drug-likeness (QED) is 0.200. The fourth-order valence-corrected chi connectivity index (χ4v) is 6.65. The largest absolute Gasteiger partial charge is 0.503 e. The van der Waals surface area contributed by atoms with Gasteiger partial charge in [-0.2, -0.15) is 5.10 Å². The van der Waals surface area contributed by atoms with E-state index in [2.05, 4.69) is 10.1 Å². The Labute approximate surface area is 225 Å². The highest BCUT2D eigenvalue weighted by atomic mass is 32.2. The smallest absolute Gasteiger partial charge is 0.296 e. The fourth-order valence-electron chi connectivity index (χ4n) is 4.10. The van der Waals surface area contributed by atoms with E-state index in [-0.39, 0.29) is 36.8 Å². The Morgan fingerprint density at radius 2 is 1.77 bits per heavy atom. The van der Waals surface area contributed by atoms with E-state index in [9.17, 15) is 33.2 Å². The summed E-state index contributed by atoms with van der Waals surface area (Å²) in [6.45, 7) is 1.85. The van der Waals surface area contributed by atoms with E-state index >= 15 is 0 Å². The number of Topliss-reactive ketones (excluding diaryl/α,β-unsaturated/α-hetero) is 1. The third-order valence-electron chi connectivity index (χ3n) is 6.08. The van der Waals surface area contributed by atoms with Crippen molar-refractivity contribution in [3.05, 3.63) is 105 Å². The molecule has 1 unspecified atom stereocenters. The number of carbonyl (C=O) groups excluding carboxylic acids is 2. The molecule has 198 valence electrons. The van der Waals surface area contributed by atoms with Gasteiger partial charge in [0.05, 0.1) is 27.3 Å².